The van der Waals surface area contributed by atoms with Crippen molar-refractivity contribution in [2.75, 3.05) is 11.9 Å². The summed E-state index contributed by atoms with van der Waals surface area (Å²) in [5.41, 5.74) is 4.21. The Morgan fingerprint density at radius 1 is 1.05 bits per heavy atom. The summed E-state index contributed by atoms with van der Waals surface area (Å²) >= 11 is 0. The van der Waals surface area contributed by atoms with Crippen molar-refractivity contribution >= 4 is 5.69 Å². The number of hydrogen-bond donors (Lipinski definition) is 1. The molecule has 2 aromatic carbocycles. The van der Waals surface area contributed by atoms with Crippen molar-refractivity contribution in [3.8, 4) is 0 Å². The lowest BCUT2D eigenvalue weighted by atomic mass is 10.1. The van der Waals surface area contributed by atoms with E-state index in [0.29, 0.717) is 0 Å². The summed E-state index contributed by atoms with van der Waals surface area (Å²) in [6.07, 6.45) is 0. The molecule has 0 heterocycles. The molecule has 0 atom stereocenters. The van der Waals surface area contributed by atoms with Crippen molar-refractivity contribution in [1.29, 1.82) is 0 Å². The van der Waals surface area contributed by atoms with Gasteiger partial charge in [0.1, 0.15) is 5.82 Å². The van der Waals surface area contributed by atoms with E-state index < -0.39 is 0 Å². The van der Waals surface area contributed by atoms with E-state index in [4.69, 9.17) is 5.11 Å². The predicted octanol–water partition coefficient (Wildman–Crippen LogP) is 3.26. The van der Waals surface area contributed by atoms with Gasteiger partial charge in [-0.2, -0.15) is 0 Å². The van der Waals surface area contributed by atoms with Gasteiger partial charge in [0.15, 0.2) is 0 Å². The molecule has 0 saturated carbocycles. The standard InChI is InChI=1S/C16H18FNO/c1-12-9-14(11-19)5-8-16(12)18(2)10-13-3-6-15(17)7-4-13/h3-9,19H,10-11H2,1-2H3. The number of aliphatic hydroxyl groups is 1. The van der Waals surface area contributed by atoms with Crippen molar-refractivity contribution in [3.05, 3.63) is 65.0 Å². The van der Waals surface area contributed by atoms with Crippen LogP contribution >= 0.6 is 0 Å². The Labute approximate surface area is 113 Å². The second-order valence-electron chi connectivity index (χ2n) is 4.76. The molecule has 0 spiro atoms. The number of benzene rings is 2. The van der Waals surface area contributed by atoms with Crippen LogP contribution in [-0.4, -0.2) is 12.2 Å². The summed E-state index contributed by atoms with van der Waals surface area (Å²) in [7, 11) is 2.00. The van der Waals surface area contributed by atoms with Crippen molar-refractivity contribution < 1.29 is 9.50 Å². The van der Waals surface area contributed by atoms with E-state index in [1.165, 1.54) is 12.1 Å². The maximum atomic E-state index is 12.9. The zero-order valence-electron chi connectivity index (χ0n) is 11.2. The van der Waals surface area contributed by atoms with Gasteiger partial charge in [-0.25, -0.2) is 4.39 Å². The van der Waals surface area contributed by atoms with Crippen LogP contribution in [0.5, 0.6) is 0 Å². The molecule has 2 aromatic rings. The Hall–Kier alpha value is -1.87. The molecule has 0 bridgehead atoms. The van der Waals surface area contributed by atoms with E-state index in [1.807, 2.05) is 32.2 Å². The molecule has 0 saturated heterocycles. The Morgan fingerprint density at radius 3 is 2.26 bits per heavy atom. The number of nitrogens with zero attached hydrogens (tertiary/aromatic N) is 1. The molecule has 0 radical (unpaired) electrons. The average molecular weight is 259 g/mol. The van der Waals surface area contributed by atoms with Crippen LogP contribution in [0.15, 0.2) is 42.5 Å². The maximum absolute atomic E-state index is 12.9. The highest BCUT2D eigenvalue weighted by Gasteiger charge is 2.06. The predicted molar refractivity (Wildman–Crippen MR) is 75.6 cm³/mol. The Kier molecular flexibility index (Phi) is 4.17. The topological polar surface area (TPSA) is 23.5 Å². The summed E-state index contributed by atoms with van der Waals surface area (Å²) < 4.78 is 12.9. The van der Waals surface area contributed by atoms with Crippen molar-refractivity contribution in [1.82, 2.24) is 0 Å². The third kappa shape index (κ3) is 3.32. The number of aryl methyl sites for hydroxylation is 1. The number of hydrogen-bond acceptors (Lipinski definition) is 2. The molecule has 3 heteroatoms. The van der Waals surface area contributed by atoms with Gasteiger partial charge in [0.2, 0.25) is 0 Å². The summed E-state index contributed by atoms with van der Waals surface area (Å²) in [5, 5.41) is 9.10. The van der Waals surface area contributed by atoms with Gasteiger partial charge in [-0.3, -0.25) is 0 Å². The molecule has 0 aliphatic heterocycles. The smallest absolute Gasteiger partial charge is 0.123 e. The lowest BCUT2D eigenvalue weighted by Crippen LogP contribution is -2.17. The summed E-state index contributed by atoms with van der Waals surface area (Å²) in [6.45, 7) is 2.80. The molecule has 0 aromatic heterocycles. The fraction of sp³-hybridized carbons (Fsp3) is 0.250. The summed E-state index contributed by atoms with van der Waals surface area (Å²) in [6, 6.07) is 12.5. The lowest BCUT2D eigenvalue weighted by molar-refractivity contribution is 0.282. The molecule has 1 N–H and O–H groups in total. The maximum Gasteiger partial charge on any atom is 0.123 e. The molecule has 19 heavy (non-hydrogen) atoms. The van der Waals surface area contributed by atoms with Crippen molar-refractivity contribution in [2.24, 2.45) is 0 Å². The van der Waals surface area contributed by atoms with E-state index in [0.717, 1.165) is 28.9 Å². The monoisotopic (exact) mass is 259 g/mol. The number of halogens is 1. The van der Waals surface area contributed by atoms with Crippen LogP contribution in [0.4, 0.5) is 10.1 Å². The first-order valence-corrected chi connectivity index (χ1v) is 6.26. The van der Waals surface area contributed by atoms with Crippen LogP contribution in [-0.2, 0) is 13.2 Å². The molecule has 100 valence electrons. The number of anilines is 1. The lowest BCUT2D eigenvalue weighted by Gasteiger charge is -2.22. The van der Waals surface area contributed by atoms with Gasteiger partial charge < -0.3 is 10.0 Å². The number of aliphatic hydroxyl groups excluding tert-OH is 1. The van der Waals surface area contributed by atoms with Crippen LogP contribution in [0, 0.1) is 12.7 Å². The fourth-order valence-corrected chi connectivity index (χ4v) is 2.19. The van der Waals surface area contributed by atoms with Gasteiger partial charge in [0, 0.05) is 19.3 Å². The van der Waals surface area contributed by atoms with E-state index in [1.54, 1.807) is 12.1 Å². The molecule has 2 rings (SSSR count). The Bertz CT molecular complexity index is 551. The minimum Gasteiger partial charge on any atom is -0.392 e. The second kappa shape index (κ2) is 5.85. The largest absolute Gasteiger partial charge is 0.392 e. The van der Waals surface area contributed by atoms with Gasteiger partial charge in [-0.1, -0.05) is 24.3 Å². The summed E-state index contributed by atoms with van der Waals surface area (Å²) in [4.78, 5) is 2.11. The molecule has 2 nitrogen and oxygen atoms in total. The SMILES string of the molecule is Cc1cc(CO)ccc1N(C)Cc1ccc(F)cc1. The molecule has 0 aliphatic carbocycles. The van der Waals surface area contributed by atoms with Crippen LogP contribution < -0.4 is 4.90 Å². The molecule has 0 amide bonds. The average Bonchev–Trinajstić information content (AvgIpc) is 2.41. The first kappa shape index (κ1) is 13.6. The van der Waals surface area contributed by atoms with Crippen LogP contribution in [0.3, 0.4) is 0 Å². The Morgan fingerprint density at radius 2 is 1.68 bits per heavy atom. The van der Waals surface area contributed by atoms with E-state index >= 15 is 0 Å². The highest BCUT2D eigenvalue weighted by atomic mass is 19.1. The van der Waals surface area contributed by atoms with Gasteiger partial charge in [0.25, 0.3) is 0 Å². The van der Waals surface area contributed by atoms with Crippen molar-refractivity contribution in [3.63, 3.8) is 0 Å². The normalized spacial score (nSPS) is 10.5. The van der Waals surface area contributed by atoms with E-state index in [9.17, 15) is 4.39 Å². The van der Waals surface area contributed by atoms with Gasteiger partial charge in [0.05, 0.1) is 6.61 Å². The molecule has 0 aliphatic rings. The third-order valence-electron chi connectivity index (χ3n) is 3.19. The van der Waals surface area contributed by atoms with Gasteiger partial charge in [-0.05, 0) is 41.8 Å². The highest BCUT2D eigenvalue weighted by Crippen LogP contribution is 2.22. The third-order valence-corrected chi connectivity index (χ3v) is 3.19. The molecular formula is C16H18FNO. The minimum absolute atomic E-state index is 0.0583. The molecule has 0 unspecified atom stereocenters. The first-order valence-electron chi connectivity index (χ1n) is 6.26. The molecule has 0 fully saturated rings. The van der Waals surface area contributed by atoms with Crippen molar-refractivity contribution in [2.45, 2.75) is 20.1 Å². The van der Waals surface area contributed by atoms with Gasteiger partial charge in [-0.15, -0.1) is 0 Å². The van der Waals surface area contributed by atoms with Crippen LogP contribution in [0.2, 0.25) is 0 Å². The van der Waals surface area contributed by atoms with E-state index in [2.05, 4.69) is 4.90 Å². The van der Waals surface area contributed by atoms with Crippen LogP contribution in [0.1, 0.15) is 16.7 Å². The quantitative estimate of drug-likeness (QED) is 0.911. The highest BCUT2D eigenvalue weighted by molar-refractivity contribution is 5.54. The fourth-order valence-electron chi connectivity index (χ4n) is 2.19. The molecular weight excluding hydrogens is 241 g/mol. The number of rotatable bonds is 4. The second-order valence-corrected chi connectivity index (χ2v) is 4.76. The van der Waals surface area contributed by atoms with Crippen LogP contribution in [0.25, 0.3) is 0 Å². The zero-order chi connectivity index (χ0) is 13.8. The first-order chi connectivity index (χ1) is 9.10. The Balaban J connectivity index is 2.15. The van der Waals surface area contributed by atoms with E-state index in [-0.39, 0.29) is 12.4 Å². The zero-order valence-corrected chi connectivity index (χ0v) is 11.2. The van der Waals surface area contributed by atoms with Gasteiger partial charge >= 0.3 is 0 Å². The minimum atomic E-state index is -0.213. The summed E-state index contributed by atoms with van der Waals surface area (Å²) in [5.74, 6) is -0.213.